The van der Waals surface area contributed by atoms with Gasteiger partial charge in [0.05, 0.1) is 17.4 Å². The van der Waals surface area contributed by atoms with Crippen molar-refractivity contribution in [2.75, 3.05) is 6.61 Å². The van der Waals surface area contributed by atoms with Crippen LogP contribution in [0.4, 0.5) is 0 Å². The van der Waals surface area contributed by atoms with Crippen LogP contribution in [0.5, 0.6) is 0 Å². The van der Waals surface area contributed by atoms with E-state index in [4.69, 9.17) is 5.11 Å². The molecule has 1 heterocycles. The Bertz CT molecular complexity index is 439. The van der Waals surface area contributed by atoms with Crippen LogP contribution in [0.15, 0.2) is 29.0 Å². The van der Waals surface area contributed by atoms with Gasteiger partial charge in [-0.05, 0) is 34.5 Å². The molecule has 0 radical (unpaired) electrons. The maximum Gasteiger partial charge on any atom is 0.0958 e. The highest BCUT2D eigenvalue weighted by atomic mass is 79.9. The van der Waals surface area contributed by atoms with Crippen LogP contribution in [0.2, 0.25) is 0 Å². The molecule has 0 saturated carbocycles. The lowest BCUT2D eigenvalue weighted by molar-refractivity contribution is 0.280. The van der Waals surface area contributed by atoms with Crippen LogP contribution in [0.1, 0.15) is 6.42 Å². The lowest BCUT2D eigenvalue weighted by Gasteiger charge is -2.03. The third kappa shape index (κ3) is 1.67. The molecule has 0 atom stereocenters. The van der Waals surface area contributed by atoms with E-state index in [1.54, 1.807) is 0 Å². The second-order valence-corrected chi connectivity index (χ2v) is 3.98. The van der Waals surface area contributed by atoms with Gasteiger partial charge in [-0.25, -0.2) is 4.98 Å². The van der Waals surface area contributed by atoms with Crippen molar-refractivity contribution >= 4 is 27.0 Å². The smallest absolute Gasteiger partial charge is 0.0958 e. The molecule has 3 nitrogen and oxygen atoms in total. The molecular formula is C10H11BrN2O. The summed E-state index contributed by atoms with van der Waals surface area (Å²) in [5.41, 5.74) is 2.08. The van der Waals surface area contributed by atoms with E-state index in [9.17, 15) is 0 Å². The predicted octanol–water partition coefficient (Wildman–Crippen LogP) is 2.18. The van der Waals surface area contributed by atoms with Gasteiger partial charge < -0.3 is 9.67 Å². The Balaban J connectivity index is 2.45. The van der Waals surface area contributed by atoms with Gasteiger partial charge >= 0.3 is 0 Å². The van der Waals surface area contributed by atoms with Crippen molar-refractivity contribution in [2.24, 2.45) is 0 Å². The van der Waals surface area contributed by atoms with E-state index in [0.29, 0.717) is 0 Å². The molecule has 0 aliphatic carbocycles. The number of aliphatic hydroxyl groups excluding tert-OH is 1. The molecule has 0 amide bonds. The van der Waals surface area contributed by atoms with Gasteiger partial charge in [0.1, 0.15) is 0 Å². The summed E-state index contributed by atoms with van der Waals surface area (Å²) >= 11 is 3.50. The first-order valence-corrected chi connectivity index (χ1v) is 5.32. The van der Waals surface area contributed by atoms with Gasteiger partial charge in [-0.3, -0.25) is 0 Å². The van der Waals surface area contributed by atoms with Crippen molar-refractivity contribution in [1.82, 2.24) is 9.55 Å². The number of halogens is 1. The van der Waals surface area contributed by atoms with Crippen molar-refractivity contribution in [1.29, 1.82) is 0 Å². The van der Waals surface area contributed by atoms with Crippen molar-refractivity contribution in [3.63, 3.8) is 0 Å². The summed E-state index contributed by atoms with van der Waals surface area (Å²) in [4.78, 5) is 4.28. The zero-order valence-corrected chi connectivity index (χ0v) is 9.24. The van der Waals surface area contributed by atoms with Crippen LogP contribution >= 0.6 is 15.9 Å². The van der Waals surface area contributed by atoms with Crippen LogP contribution in [0.25, 0.3) is 11.0 Å². The average molecular weight is 255 g/mol. The minimum Gasteiger partial charge on any atom is -0.396 e. The molecule has 0 spiro atoms. The zero-order chi connectivity index (χ0) is 9.97. The topological polar surface area (TPSA) is 38.0 Å². The number of nitrogens with zero attached hydrogens (tertiary/aromatic N) is 2. The van der Waals surface area contributed by atoms with E-state index < -0.39 is 0 Å². The van der Waals surface area contributed by atoms with Crippen molar-refractivity contribution in [3.8, 4) is 0 Å². The fourth-order valence-electron chi connectivity index (χ4n) is 1.49. The van der Waals surface area contributed by atoms with Crippen LogP contribution in [-0.2, 0) is 6.54 Å². The monoisotopic (exact) mass is 254 g/mol. The number of hydrogen-bond acceptors (Lipinski definition) is 2. The Hall–Kier alpha value is -0.870. The molecule has 1 aromatic heterocycles. The standard InChI is InChI=1S/C10H11BrN2O/c11-8-3-1-4-9-10(8)13(7-12-9)5-2-6-14/h1,3-4,7,14H,2,5-6H2. The number of fused-ring (bicyclic) bond motifs is 1. The summed E-state index contributed by atoms with van der Waals surface area (Å²) in [5, 5.41) is 8.76. The molecule has 74 valence electrons. The summed E-state index contributed by atoms with van der Waals surface area (Å²) < 4.78 is 3.10. The number of benzene rings is 1. The average Bonchev–Trinajstić information content (AvgIpc) is 2.59. The van der Waals surface area contributed by atoms with Crippen molar-refractivity contribution in [3.05, 3.63) is 29.0 Å². The zero-order valence-electron chi connectivity index (χ0n) is 7.65. The molecule has 0 bridgehead atoms. The van der Waals surface area contributed by atoms with Gasteiger partial charge in [0, 0.05) is 17.6 Å². The number of imidazole rings is 1. The highest BCUT2D eigenvalue weighted by molar-refractivity contribution is 9.10. The molecule has 14 heavy (non-hydrogen) atoms. The first-order chi connectivity index (χ1) is 6.83. The highest BCUT2D eigenvalue weighted by Gasteiger charge is 2.04. The molecule has 0 saturated heterocycles. The summed E-state index contributed by atoms with van der Waals surface area (Å²) in [5.74, 6) is 0. The molecule has 0 aliphatic rings. The summed E-state index contributed by atoms with van der Waals surface area (Å²) in [6, 6.07) is 5.95. The lowest BCUT2D eigenvalue weighted by Crippen LogP contribution is -1.98. The Morgan fingerprint density at radius 2 is 2.29 bits per heavy atom. The van der Waals surface area contributed by atoms with Gasteiger partial charge in [0.15, 0.2) is 0 Å². The van der Waals surface area contributed by atoms with Gasteiger partial charge in [0.2, 0.25) is 0 Å². The predicted molar refractivity (Wildman–Crippen MR) is 59.1 cm³/mol. The minimum atomic E-state index is 0.212. The fourth-order valence-corrected chi connectivity index (χ4v) is 2.08. The van der Waals surface area contributed by atoms with Gasteiger partial charge in [-0.1, -0.05) is 6.07 Å². The number of hydrogen-bond donors (Lipinski definition) is 1. The molecule has 1 aromatic carbocycles. The Morgan fingerprint density at radius 3 is 3.07 bits per heavy atom. The Morgan fingerprint density at radius 1 is 1.43 bits per heavy atom. The Labute approximate surface area is 90.5 Å². The molecule has 2 rings (SSSR count). The number of aryl methyl sites for hydroxylation is 1. The maximum absolute atomic E-state index is 8.76. The Kier molecular flexibility index (Phi) is 2.84. The highest BCUT2D eigenvalue weighted by Crippen LogP contribution is 2.22. The van der Waals surface area contributed by atoms with E-state index in [-0.39, 0.29) is 6.61 Å². The minimum absolute atomic E-state index is 0.212. The van der Waals surface area contributed by atoms with Crippen LogP contribution in [0, 0.1) is 0 Å². The van der Waals surface area contributed by atoms with Crippen molar-refractivity contribution < 1.29 is 5.11 Å². The lowest BCUT2D eigenvalue weighted by atomic mass is 10.3. The molecule has 2 aromatic rings. The maximum atomic E-state index is 8.76. The molecular weight excluding hydrogens is 244 g/mol. The third-order valence-electron chi connectivity index (χ3n) is 2.15. The van der Waals surface area contributed by atoms with E-state index in [2.05, 4.69) is 25.5 Å². The van der Waals surface area contributed by atoms with E-state index in [1.165, 1.54) is 0 Å². The van der Waals surface area contributed by atoms with E-state index >= 15 is 0 Å². The SMILES string of the molecule is OCCCn1cnc2cccc(Br)c21. The molecule has 1 N–H and O–H groups in total. The largest absolute Gasteiger partial charge is 0.396 e. The second-order valence-electron chi connectivity index (χ2n) is 3.12. The molecule has 0 fully saturated rings. The fraction of sp³-hybridized carbons (Fsp3) is 0.300. The van der Waals surface area contributed by atoms with Gasteiger partial charge in [-0.15, -0.1) is 0 Å². The van der Waals surface area contributed by atoms with Gasteiger partial charge in [-0.2, -0.15) is 0 Å². The first-order valence-electron chi connectivity index (χ1n) is 4.53. The van der Waals surface area contributed by atoms with Gasteiger partial charge in [0.25, 0.3) is 0 Å². The first kappa shape index (κ1) is 9.68. The second kappa shape index (κ2) is 4.11. The quantitative estimate of drug-likeness (QED) is 0.912. The van der Waals surface area contributed by atoms with E-state index in [0.717, 1.165) is 28.5 Å². The van der Waals surface area contributed by atoms with Crippen molar-refractivity contribution in [2.45, 2.75) is 13.0 Å². The van der Waals surface area contributed by atoms with Crippen LogP contribution in [-0.4, -0.2) is 21.3 Å². The number of aromatic nitrogens is 2. The number of aliphatic hydroxyl groups is 1. The third-order valence-corrected chi connectivity index (χ3v) is 2.79. The normalized spacial score (nSPS) is 11.0. The number of rotatable bonds is 3. The molecule has 0 aliphatic heterocycles. The summed E-state index contributed by atoms with van der Waals surface area (Å²) in [6.07, 6.45) is 2.57. The number of para-hydroxylation sites is 1. The summed E-state index contributed by atoms with van der Waals surface area (Å²) in [6.45, 7) is 1.01. The molecule has 0 unspecified atom stereocenters. The summed E-state index contributed by atoms with van der Waals surface area (Å²) in [7, 11) is 0. The van der Waals surface area contributed by atoms with Crippen LogP contribution < -0.4 is 0 Å². The van der Waals surface area contributed by atoms with E-state index in [1.807, 2.05) is 24.5 Å². The van der Waals surface area contributed by atoms with Crippen LogP contribution in [0.3, 0.4) is 0 Å². The molecule has 4 heteroatoms.